The number of hydrogen-bond donors (Lipinski definition) is 0. The average molecular weight is 305 g/mol. The van der Waals surface area contributed by atoms with Gasteiger partial charge in [0.1, 0.15) is 15.9 Å². The van der Waals surface area contributed by atoms with E-state index >= 15 is 0 Å². The molecule has 0 aliphatic heterocycles. The second-order valence-corrected chi connectivity index (χ2v) is 5.83. The van der Waals surface area contributed by atoms with Gasteiger partial charge >= 0.3 is 15.6 Å². The summed E-state index contributed by atoms with van der Waals surface area (Å²) < 4.78 is 92.1. The molecule has 0 amide bonds. The van der Waals surface area contributed by atoms with E-state index in [2.05, 4.69) is 4.18 Å². The molecule has 0 atom stereocenters. The van der Waals surface area contributed by atoms with Crippen molar-refractivity contribution >= 4 is 20.2 Å². The third-order valence-electron chi connectivity index (χ3n) is 1.60. The number of hydrogen-bond acceptors (Lipinski definition) is 6. The van der Waals surface area contributed by atoms with E-state index < -0.39 is 36.4 Å². The smallest absolute Gasteiger partial charge is 0.534 e. The summed E-state index contributed by atoms with van der Waals surface area (Å²) in [7, 11) is -10.6. The van der Waals surface area contributed by atoms with Gasteiger partial charge in [-0.1, -0.05) is 0 Å². The molecule has 102 valence electrons. The highest BCUT2D eigenvalue weighted by Gasteiger charge is 2.48. The molecule has 1 aromatic carbocycles. The number of benzene rings is 1. The van der Waals surface area contributed by atoms with Gasteiger partial charge in [-0.3, -0.25) is 0 Å². The van der Waals surface area contributed by atoms with Crippen LogP contribution in [0.5, 0.6) is 5.75 Å². The van der Waals surface area contributed by atoms with Gasteiger partial charge in [-0.2, -0.15) is 21.6 Å². The SMILES string of the molecule is O=S(=O)([O-])c1ccc(OS(=O)(=O)C(F)(F)F)cc1. The van der Waals surface area contributed by atoms with E-state index in [0.29, 0.717) is 24.3 Å². The van der Waals surface area contributed by atoms with E-state index in [1.165, 1.54) is 0 Å². The lowest BCUT2D eigenvalue weighted by molar-refractivity contribution is -0.0500. The third kappa shape index (κ3) is 3.34. The van der Waals surface area contributed by atoms with Crippen molar-refractivity contribution in [1.82, 2.24) is 0 Å². The largest absolute Gasteiger partial charge is 0.744 e. The third-order valence-corrected chi connectivity index (χ3v) is 3.43. The van der Waals surface area contributed by atoms with Crippen molar-refractivity contribution in [2.75, 3.05) is 0 Å². The van der Waals surface area contributed by atoms with Crippen molar-refractivity contribution in [3.63, 3.8) is 0 Å². The predicted octanol–water partition coefficient (Wildman–Crippen LogP) is 0.819. The Labute approximate surface area is 99.9 Å². The molecule has 0 heterocycles. The van der Waals surface area contributed by atoms with E-state index in [4.69, 9.17) is 0 Å². The maximum absolute atomic E-state index is 11.9. The molecule has 0 unspecified atom stereocenters. The van der Waals surface area contributed by atoms with Crippen LogP contribution in [0.1, 0.15) is 0 Å². The first-order chi connectivity index (χ1) is 7.93. The van der Waals surface area contributed by atoms with Crippen LogP contribution in [0.2, 0.25) is 0 Å². The summed E-state index contributed by atoms with van der Waals surface area (Å²) in [6, 6.07) is 2.50. The second-order valence-electron chi connectivity index (χ2n) is 2.91. The zero-order chi connectivity index (χ0) is 14.2. The minimum absolute atomic E-state index is 0.619. The van der Waals surface area contributed by atoms with Crippen LogP contribution in [0.4, 0.5) is 13.2 Å². The molecule has 0 aliphatic carbocycles. The lowest BCUT2D eigenvalue weighted by Crippen LogP contribution is -2.28. The van der Waals surface area contributed by atoms with Gasteiger partial charge in [-0.15, -0.1) is 0 Å². The quantitative estimate of drug-likeness (QED) is 0.465. The fourth-order valence-electron chi connectivity index (χ4n) is 0.836. The molecule has 18 heavy (non-hydrogen) atoms. The molecule has 1 aromatic rings. The maximum Gasteiger partial charge on any atom is 0.534 e. The molecule has 6 nitrogen and oxygen atoms in total. The lowest BCUT2D eigenvalue weighted by atomic mass is 10.3. The topological polar surface area (TPSA) is 101 Å². The van der Waals surface area contributed by atoms with Crippen LogP contribution < -0.4 is 4.18 Å². The molecular formula is C7H4F3O6S2-. The van der Waals surface area contributed by atoms with Gasteiger partial charge in [0.2, 0.25) is 0 Å². The van der Waals surface area contributed by atoms with Crippen molar-refractivity contribution in [3.05, 3.63) is 24.3 Å². The number of halogens is 3. The van der Waals surface area contributed by atoms with Crippen LogP contribution in [-0.2, 0) is 20.2 Å². The Kier molecular flexibility index (Phi) is 3.60. The Morgan fingerprint density at radius 2 is 1.44 bits per heavy atom. The van der Waals surface area contributed by atoms with E-state index in [-0.39, 0.29) is 0 Å². The zero-order valence-corrected chi connectivity index (χ0v) is 9.84. The monoisotopic (exact) mass is 305 g/mol. The molecule has 0 N–H and O–H groups in total. The summed E-state index contributed by atoms with van der Waals surface area (Å²) in [4.78, 5) is -0.723. The van der Waals surface area contributed by atoms with Crippen LogP contribution in [0.3, 0.4) is 0 Å². The van der Waals surface area contributed by atoms with Crippen molar-refractivity contribution in [1.29, 1.82) is 0 Å². The normalized spacial score (nSPS) is 13.3. The highest BCUT2D eigenvalue weighted by molar-refractivity contribution is 7.88. The average Bonchev–Trinajstić information content (AvgIpc) is 2.14. The minimum Gasteiger partial charge on any atom is -0.744 e. The van der Waals surface area contributed by atoms with Gasteiger partial charge < -0.3 is 8.74 Å². The fraction of sp³-hybridized carbons (Fsp3) is 0.143. The van der Waals surface area contributed by atoms with Crippen LogP contribution in [-0.4, -0.2) is 26.9 Å². The highest BCUT2D eigenvalue weighted by Crippen LogP contribution is 2.27. The van der Waals surface area contributed by atoms with Crippen molar-refractivity contribution in [2.45, 2.75) is 10.4 Å². The summed E-state index contributed by atoms with van der Waals surface area (Å²) in [5.41, 5.74) is -5.60. The van der Waals surface area contributed by atoms with E-state index in [1.807, 2.05) is 0 Å². The lowest BCUT2D eigenvalue weighted by Gasteiger charge is -2.10. The van der Waals surface area contributed by atoms with Crippen molar-refractivity contribution < 1.29 is 38.7 Å². The second kappa shape index (κ2) is 4.40. The van der Waals surface area contributed by atoms with Gasteiger partial charge in [0.25, 0.3) is 0 Å². The van der Waals surface area contributed by atoms with Gasteiger partial charge in [0.05, 0.1) is 4.90 Å². The Morgan fingerprint density at radius 3 is 1.78 bits per heavy atom. The number of alkyl halides is 3. The first kappa shape index (κ1) is 14.7. The molecule has 1 rings (SSSR count). The Bertz CT molecular complexity index is 629. The summed E-state index contributed by atoms with van der Waals surface area (Å²) in [6.07, 6.45) is 0. The minimum atomic E-state index is -5.83. The molecule has 0 saturated heterocycles. The molecule has 0 spiro atoms. The first-order valence-corrected chi connectivity index (χ1v) is 6.82. The molecule has 0 saturated carbocycles. The Hall–Kier alpha value is -1.33. The molecular weight excluding hydrogens is 301 g/mol. The summed E-state index contributed by atoms with van der Waals surface area (Å²) >= 11 is 0. The zero-order valence-electron chi connectivity index (χ0n) is 8.21. The highest BCUT2D eigenvalue weighted by atomic mass is 32.2. The van der Waals surface area contributed by atoms with E-state index in [9.17, 15) is 34.6 Å². The van der Waals surface area contributed by atoms with Crippen molar-refractivity contribution in [3.8, 4) is 5.75 Å². The fourth-order valence-corrected chi connectivity index (χ4v) is 1.76. The molecule has 0 bridgehead atoms. The van der Waals surface area contributed by atoms with Crippen molar-refractivity contribution in [2.24, 2.45) is 0 Å². The molecule has 0 fully saturated rings. The molecule has 0 radical (unpaired) electrons. The van der Waals surface area contributed by atoms with Crippen LogP contribution in [0.15, 0.2) is 29.2 Å². The summed E-state index contributed by atoms with van der Waals surface area (Å²) in [5, 5.41) is 0. The summed E-state index contributed by atoms with van der Waals surface area (Å²) in [5.74, 6) is -0.764. The Morgan fingerprint density at radius 1 is 1.00 bits per heavy atom. The molecule has 0 aliphatic rings. The van der Waals surface area contributed by atoms with Crippen LogP contribution in [0, 0.1) is 0 Å². The maximum atomic E-state index is 11.9. The van der Waals surface area contributed by atoms with Crippen LogP contribution >= 0.6 is 0 Å². The van der Waals surface area contributed by atoms with E-state index in [1.54, 1.807) is 0 Å². The van der Waals surface area contributed by atoms with E-state index in [0.717, 1.165) is 0 Å². The standard InChI is InChI=1S/C7H5F3O6S2/c8-7(9,10)18(14,15)16-5-1-3-6(4-2-5)17(11,12)13/h1-4H,(H,11,12,13)/p-1. The first-order valence-electron chi connectivity index (χ1n) is 4.00. The Balaban J connectivity index is 3.03. The van der Waals surface area contributed by atoms with Gasteiger partial charge in [0, 0.05) is 0 Å². The summed E-state index contributed by atoms with van der Waals surface area (Å²) in [6.45, 7) is 0. The van der Waals surface area contributed by atoms with Gasteiger partial charge in [0.15, 0.2) is 0 Å². The van der Waals surface area contributed by atoms with Crippen LogP contribution in [0.25, 0.3) is 0 Å². The molecule has 11 heteroatoms. The van der Waals surface area contributed by atoms with Gasteiger partial charge in [-0.25, -0.2) is 8.42 Å². The predicted molar refractivity (Wildman–Crippen MR) is 50.0 cm³/mol. The van der Waals surface area contributed by atoms with Gasteiger partial charge in [-0.05, 0) is 24.3 Å². The number of rotatable bonds is 3. The molecule has 0 aromatic heterocycles.